The number of hydrazine groups is 2. The maximum absolute atomic E-state index is 11.6. The van der Waals surface area contributed by atoms with Crippen molar-refractivity contribution in [1.29, 1.82) is 0 Å². The van der Waals surface area contributed by atoms with Crippen molar-refractivity contribution in [3.8, 4) is 0 Å². The van der Waals surface area contributed by atoms with Gasteiger partial charge in [-0.25, -0.2) is 14.8 Å². The van der Waals surface area contributed by atoms with E-state index in [0.717, 1.165) is 50.0 Å². The Balaban J connectivity index is 1.12. The SMILES string of the molecule is O=C1NCCN1CCNCC1CCC(C2=C3c4cc[nH]c4N=CN3NN2)CC1. The van der Waals surface area contributed by atoms with Crippen molar-refractivity contribution < 1.29 is 4.79 Å². The Hall–Kier alpha value is -2.52. The molecule has 150 valence electrons. The van der Waals surface area contributed by atoms with Crippen LogP contribution in [0.25, 0.3) is 5.70 Å². The van der Waals surface area contributed by atoms with E-state index in [2.05, 4.69) is 37.6 Å². The quantitative estimate of drug-likeness (QED) is 0.473. The number of rotatable bonds is 6. The smallest absolute Gasteiger partial charge is 0.317 e. The highest BCUT2D eigenvalue weighted by Crippen LogP contribution is 2.40. The predicted octanol–water partition coefficient (Wildman–Crippen LogP) is 1.10. The van der Waals surface area contributed by atoms with E-state index in [4.69, 9.17) is 0 Å². The Labute approximate surface area is 164 Å². The lowest BCUT2D eigenvalue weighted by Crippen LogP contribution is -2.38. The van der Waals surface area contributed by atoms with E-state index in [1.165, 1.54) is 37.1 Å². The first-order valence-corrected chi connectivity index (χ1v) is 10.3. The maximum atomic E-state index is 11.6. The van der Waals surface area contributed by atoms with Crippen molar-refractivity contribution in [2.24, 2.45) is 16.8 Å². The number of aliphatic imine (C=N–C) groups is 1. The van der Waals surface area contributed by atoms with Crippen LogP contribution < -0.4 is 21.6 Å². The molecule has 4 aliphatic rings. The summed E-state index contributed by atoms with van der Waals surface area (Å²) >= 11 is 0. The van der Waals surface area contributed by atoms with Crippen LogP contribution >= 0.6 is 0 Å². The molecular weight excluding hydrogens is 356 g/mol. The maximum Gasteiger partial charge on any atom is 0.317 e. The van der Waals surface area contributed by atoms with Crippen molar-refractivity contribution in [3.05, 3.63) is 23.5 Å². The number of nitrogens with one attached hydrogen (secondary N) is 5. The summed E-state index contributed by atoms with van der Waals surface area (Å²) in [4.78, 5) is 21.1. The minimum Gasteiger partial charge on any atom is -0.346 e. The van der Waals surface area contributed by atoms with Gasteiger partial charge in [0.25, 0.3) is 0 Å². The summed E-state index contributed by atoms with van der Waals surface area (Å²) in [5.74, 6) is 2.19. The molecule has 2 amide bonds. The van der Waals surface area contributed by atoms with Crippen LogP contribution in [0.3, 0.4) is 0 Å². The van der Waals surface area contributed by atoms with Crippen molar-refractivity contribution in [2.75, 3.05) is 32.7 Å². The summed E-state index contributed by atoms with van der Waals surface area (Å²) in [7, 11) is 0. The largest absolute Gasteiger partial charge is 0.346 e. The van der Waals surface area contributed by atoms with Gasteiger partial charge in [-0.05, 0) is 44.2 Å². The van der Waals surface area contributed by atoms with Gasteiger partial charge in [-0.3, -0.25) is 0 Å². The van der Waals surface area contributed by atoms with Crippen molar-refractivity contribution >= 4 is 23.9 Å². The number of carbonyl (C=O) groups is 1. The van der Waals surface area contributed by atoms with E-state index in [1.54, 1.807) is 0 Å². The predicted molar refractivity (Wildman–Crippen MR) is 107 cm³/mol. The summed E-state index contributed by atoms with van der Waals surface area (Å²) in [6.07, 6.45) is 8.62. The van der Waals surface area contributed by atoms with Crippen LogP contribution in [-0.4, -0.2) is 60.0 Å². The van der Waals surface area contributed by atoms with E-state index in [1.807, 2.05) is 22.4 Å². The first-order valence-electron chi connectivity index (χ1n) is 10.3. The molecule has 1 aliphatic carbocycles. The molecule has 1 aromatic heterocycles. The zero-order chi connectivity index (χ0) is 18.9. The number of urea groups is 1. The summed E-state index contributed by atoms with van der Waals surface area (Å²) < 4.78 is 0. The van der Waals surface area contributed by atoms with E-state index in [9.17, 15) is 4.79 Å². The minimum absolute atomic E-state index is 0.0712. The number of amides is 2. The molecule has 3 aliphatic heterocycles. The zero-order valence-electron chi connectivity index (χ0n) is 16.0. The summed E-state index contributed by atoms with van der Waals surface area (Å²) in [6.45, 7) is 4.31. The second-order valence-electron chi connectivity index (χ2n) is 7.99. The average molecular weight is 384 g/mol. The van der Waals surface area contributed by atoms with Crippen molar-refractivity contribution in [2.45, 2.75) is 25.7 Å². The molecule has 0 unspecified atom stereocenters. The van der Waals surface area contributed by atoms with Crippen LogP contribution in [-0.2, 0) is 0 Å². The third kappa shape index (κ3) is 3.24. The monoisotopic (exact) mass is 384 g/mol. The van der Waals surface area contributed by atoms with E-state index >= 15 is 0 Å². The number of aromatic nitrogens is 1. The van der Waals surface area contributed by atoms with E-state index < -0.39 is 0 Å². The second-order valence-corrected chi connectivity index (χ2v) is 7.99. The Morgan fingerprint density at radius 1 is 1.25 bits per heavy atom. The third-order valence-electron chi connectivity index (χ3n) is 6.28. The van der Waals surface area contributed by atoms with Crippen LogP contribution in [0.1, 0.15) is 31.2 Å². The normalized spacial score (nSPS) is 26.4. The van der Waals surface area contributed by atoms with Gasteiger partial charge in [-0.1, -0.05) is 0 Å². The van der Waals surface area contributed by atoms with Gasteiger partial charge in [-0.15, -0.1) is 5.53 Å². The van der Waals surface area contributed by atoms with E-state index in [0.29, 0.717) is 5.92 Å². The van der Waals surface area contributed by atoms with Crippen LogP contribution in [0, 0.1) is 11.8 Å². The van der Waals surface area contributed by atoms with Gasteiger partial charge in [0.15, 0.2) is 0 Å². The van der Waals surface area contributed by atoms with Gasteiger partial charge < -0.3 is 25.9 Å². The fourth-order valence-corrected chi connectivity index (χ4v) is 4.70. The van der Waals surface area contributed by atoms with Gasteiger partial charge in [0.1, 0.15) is 12.2 Å². The molecule has 0 bridgehead atoms. The molecule has 9 nitrogen and oxygen atoms in total. The molecular formula is C19H28N8O. The molecule has 5 rings (SSSR count). The highest BCUT2D eigenvalue weighted by Gasteiger charge is 2.34. The third-order valence-corrected chi connectivity index (χ3v) is 6.28. The van der Waals surface area contributed by atoms with Crippen LogP contribution in [0.2, 0.25) is 0 Å². The number of hydrogen-bond acceptors (Lipinski definition) is 6. The standard InChI is InChI=1S/C19H28N8O/c28-19-22-8-10-26(19)9-7-20-11-13-1-3-14(4-2-13)16-17-15-5-6-21-18(15)23-12-27(17)25-24-16/h5-6,12-14,20-21,24-25H,1-4,7-11H2,(H,22,28). The number of aromatic amines is 1. The molecule has 0 radical (unpaired) electrons. The molecule has 1 saturated heterocycles. The van der Waals surface area contributed by atoms with Crippen molar-refractivity contribution in [1.82, 2.24) is 36.5 Å². The van der Waals surface area contributed by atoms with Gasteiger partial charge >= 0.3 is 6.03 Å². The lowest BCUT2D eigenvalue weighted by molar-refractivity contribution is 0.216. The Kier molecular flexibility index (Phi) is 4.69. The minimum atomic E-state index is 0.0712. The lowest BCUT2D eigenvalue weighted by atomic mass is 9.79. The first kappa shape index (κ1) is 17.6. The Morgan fingerprint density at radius 3 is 2.96 bits per heavy atom. The van der Waals surface area contributed by atoms with Gasteiger partial charge in [-0.2, -0.15) is 0 Å². The Bertz CT molecular complexity index is 792. The molecule has 2 fully saturated rings. The number of carbonyl (C=O) groups excluding carboxylic acids is 1. The van der Waals surface area contributed by atoms with Gasteiger partial charge in [0.05, 0.1) is 11.4 Å². The molecule has 0 aromatic carbocycles. The summed E-state index contributed by atoms with van der Waals surface area (Å²) in [5.41, 5.74) is 10.3. The summed E-state index contributed by atoms with van der Waals surface area (Å²) in [6, 6.07) is 2.17. The average Bonchev–Trinajstić information content (AvgIpc) is 3.44. The number of hydrogen-bond donors (Lipinski definition) is 5. The highest BCUT2D eigenvalue weighted by atomic mass is 16.2. The van der Waals surface area contributed by atoms with Gasteiger partial charge in [0, 0.05) is 43.9 Å². The fourth-order valence-electron chi connectivity index (χ4n) is 4.70. The van der Waals surface area contributed by atoms with Gasteiger partial charge in [0.2, 0.25) is 0 Å². The molecule has 1 aromatic rings. The van der Waals surface area contributed by atoms with E-state index in [-0.39, 0.29) is 6.03 Å². The second kappa shape index (κ2) is 7.48. The van der Waals surface area contributed by atoms with Crippen LogP contribution in [0.5, 0.6) is 0 Å². The topological polar surface area (TPSA) is 99.8 Å². The number of nitrogens with zero attached hydrogens (tertiary/aromatic N) is 3. The van der Waals surface area contributed by atoms with Crippen LogP contribution in [0.4, 0.5) is 10.6 Å². The van der Waals surface area contributed by atoms with Crippen LogP contribution in [0.15, 0.2) is 23.0 Å². The molecule has 0 spiro atoms. The molecule has 1 saturated carbocycles. The molecule has 4 heterocycles. The number of fused-ring (bicyclic) bond motifs is 3. The molecule has 9 heteroatoms. The fraction of sp³-hybridized carbons (Fsp3) is 0.579. The molecule has 28 heavy (non-hydrogen) atoms. The zero-order valence-corrected chi connectivity index (χ0v) is 16.0. The number of H-pyrrole nitrogens is 1. The molecule has 0 atom stereocenters. The Morgan fingerprint density at radius 2 is 2.14 bits per heavy atom. The highest BCUT2D eigenvalue weighted by molar-refractivity contribution is 5.87. The summed E-state index contributed by atoms with van der Waals surface area (Å²) in [5, 5.41) is 8.38. The molecule has 5 N–H and O–H groups in total. The number of allylic oxidation sites excluding steroid dienone is 1. The lowest BCUT2D eigenvalue weighted by Gasteiger charge is -2.30. The first-order chi connectivity index (χ1) is 13.8. The van der Waals surface area contributed by atoms with Crippen molar-refractivity contribution in [3.63, 3.8) is 0 Å².